The van der Waals surface area contributed by atoms with E-state index in [1.165, 1.54) is 57.7 Å². The number of carbonyl (C=O) groups is 2. The van der Waals surface area contributed by atoms with E-state index in [-0.39, 0.29) is 28.9 Å². The summed E-state index contributed by atoms with van der Waals surface area (Å²) in [5.74, 6) is -1.02. The van der Waals surface area contributed by atoms with Gasteiger partial charge in [0.15, 0.2) is 0 Å². The molecule has 0 saturated carbocycles. The quantitative estimate of drug-likeness (QED) is 0.199. The zero-order valence-corrected chi connectivity index (χ0v) is 25.1. The predicted octanol–water partition coefficient (Wildman–Crippen LogP) is 5.31. The second-order valence-corrected chi connectivity index (χ2v) is 11.7. The molecule has 4 rings (SSSR count). The number of fused-ring (bicyclic) bond motifs is 1. The molecule has 0 saturated heterocycles. The highest BCUT2D eigenvalue weighted by Gasteiger charge is 2.30. The summed E-state index contributed by atoms with van der Waals surface area (Å²) < 4.78 is 57.5. The van der Waals surface area contributed by atoms with Crippen molar-refractivity contribution in [3.05, 3.63) is 96.3 Å². The van der Waals surface area contributed by atoms with E-state index in [1.807, 2.05) is 24.0 Å². The van der Waals surface area contributed by atoms with Crippen LogP contribution in [0.25, 0.3) is 10.8 Å². The van der Waals surface area contributed by atoms with Crippen molar-refractivity contribution < 1.29 is 36.6 Å². The first-order valence-corrected chi connectivity index (χ1v) is 14.9. The molecule has 0 radical (unpaired) electrons. The molecule has 0 aromatic heterocycles. The van der Waals surface area contributed by atoms with E-state index in [0.717, 1.165) is 9.87 Å². The number of anilines is 2. The molecule has 9 nitrogen and oxygen atoms in total. The number of methoxy groups -OCH3 is 3. The largest absolute Gasteiger partial charge is 0.497 e. The van der Waals surface area contributed by atoms with Crippen molar-refractivity contribution in [3.8, 4) is 5.75 Å². The van der Waals surface area contributed by atoms with Crippen molar-refractivity contribution in [1.29, 1.82) is 0 Å². The van der Waals surface area contributed by atoms with Gasteiger partial charge in [-0.3, -0.25) is 13.9 Å². The third-order valence-corrected chi connectivity index (χ3v) is 8.87. The van der Waals surface area contributed by atoms with Crippen molar-refractivity contribution in [2.75, 3.05) is 37.1 Å². The molecule has 0 amide bonds. The fourth-order valence-corrected chi connectivity index (χ4v) is 6.22. The Morgan fingerprint density at radius 2 is 1.37 bits per heavy atom. The molecule has 0 aliphatic rings. The number of esters is 2. The first-order valence-electron chi connectivity index (χ1n) is 13.4. The van der Waals surface area contributed by atoms with Gasteiger partial charge < -0.3 is 19.1 Å². The van der Waals surface area contributed by atoms with E-state index < -0.39 is 28.5 Å². The molecule has 0 heterocycles. The number of benzene rings is 4. The maximum atomic E-state index is 14.0. The monoisotopic (exact) mass is 608 g/mol. The van der Waals surface area contributed by atoms with Gasteiger partial charge >= 0.3 is 11.9 Å². The molecule has 1 atom stereocenters. The topological polar surface area (TPSA) is 102 Å². The maximum absolute atomic E-state index is 14.0. The Bertz CT molecular complexity index is 1690. The summed E-state index contributed by atoms with van der Waals surface area (Å²) in [7, 11) is -0.238. The standard InChI is InChI=1S/C32H33FN2O7S/c1-22(19-31(36)41-3)34(20-23-9-11-24(33)12-10-23)29-17-18-30(28-8-6-5-7-27(28)29)35(21-32(37)42-4)43(38,39)26-15-13-25(40-2)14-16-26/h5-18,22H,19-21H2,1-4H3/t22-/m0/s1. The highest BCUT2D eigenvalue weighted by atomic mass is 32.2. The molecular formula is C32H33FN2O7S. The van der Waals surface area contributed by atoms with Crippen LogP contribution in [0.5, 0.6) is 5.75 Å². The third kappa shape index (κ3) is 7.06. The lowest BCUT2D eigenvalue weighted by Crippen LogP contribution is -2.37. The molecular weight excluding hydrogens is 575 g/mol. The number of hydrogen-bond donors (Lipinski definition) is 0. The minimum atomic E-state index is -4.23. The number of rotatable bonds is 12. The van der Waals surface area contributed by atoms with Crippen molar-refractivity contribution in [1.82, 2.24) is 0 Å². The van der Waals surface area contributed by atoms with Gasteiger partial charge in [0.25, 0.3) is 10.0 Å². The van der Waals surface area contributed by atoms with Gasteiger partial charge in [0.2, 0.25) is 0 Å². The fraction of sp³-hybridized carbons (Fsp3) is 0.250. The number of halogens is 1. The minimum absolute atomic E-state index is 0.0324. The van der Waals surface area contributed by atoms with E-state index in [4.69, 9.17) is 14.2 Å². The average molecular weight is 609 g/mol. The molecule has 0 aliphatic heterocycles. The van der Waals surface area contributed by atoms with Gasteiger partial charge in [-0.1, -0.05) is 36.4 Å². The first-order chi connectivity index (χ1) is 20.6. The van der Waals surface area contributed by atoms with Crippen molar-refractivity contribution in [3.63, 3.8) is 0 Å². The zero-order valence-electron chi connectivity index (χ0n) is 24.3. The van der Waals surface area contributed by atoms with Gasteiger partial charge in [-0.15, -0.1) is 0 Å². The molecule has 43 heavy (non-hydrogen) atoms. The summed E-state index contributed by atoms with van der Waals surface area (Å²) in [4.78, 5) is 26.7. The SMILES string of the molecule is COC(=O)C[C@H](C)N(Cc1ccc(F)cc1)c1ccc(N(CC(=O)OC)S(=O)(=O)c2ccc(OC)cc2)c2ccccc12. The number of hydrogen-bond acceptors (Lipinski definition) is 8. The Morgan fingerprint density at radius 1 is 0.791 bits per heavy atom. The van der Waals surface area contributed by atoms with Crippen LogP contribution in [0.4, 0.5) is 15.8 Å². The summed E-state index contributed by atoms with van der Waals surface area (Å²) in [5.41, 5.74) is 1.78. The van der Waals surface area contributed by atoms with Crippen LogP contribution in [0, 0.1) is 5.82 Å². The van der Waals surface area contributed by atoms with Crippen LogP contribution in [-0.4, -0.2) is 54.3 Å². The van der Waals surface area contributed by atoms with Crippen molar-refractivity contribution >= 4 is 44.1 Å². The van der Waals surface area contributed by atoms with Crippen LogP contribution in [0.2, 0.25) is 0 Å². The Hall–Kier alpha value is -4.64. The van der Waals surface area contributed by atoms with Gasteiger partial charge in [0.1, 0.15) is 18.1 Å². The van der Waals surface area contributed by atoms with Crippen LogP contribution in [0.15, 0.2) is 89.8 Å². The summed E-state index contributed by atoms with van der Waals surface area (Å²) in [6.45, 7) is 1.64. The highest BCUT2D eigenvalue weighted by Crippen LogP contribution is 2.38. The van der Waals surface area contributed by atoms with Gasteiger partial charge in [-0.2, -0.15) is 0 Å². The Kier molecular flexibility index (Phi) is 9.87. The first kappa shape index (κ1) is 31.3. The molecule has 0 fully saturated rings. The predicted molar refractivity (Wildman–Crippen MR) is 162 cm³/mol. The van der Waals surface area contributed by atoms with Crippen LogP contribution >= 0.6 is 0 Å². The molecule has 4 aromatic carbocycles. The number of nitrogens with zero attached hydrogens (tertiary/aromatic N) is 2. The maximum Gasteiger partial charge on any atom is 0.326 e. The summed E-state index contributed by atoms with van der Waals surface area (Å²) in [5, 5.41) is 1.23. The molecule has 0 aliphatic carbocycles. The van der Waals surface area contributed by atoms with Crippen LogP contribution < -0.4 is 13.9 Å². The van der Waals surface area contributed by atoms with Crippen LogP contribution in [0.3, 0.4) is 0 Å². The normalized spacial score (nSPS) is 11.9. The molecule has 0 bridgehead atoms. The number of ether oxygens (including phenoxy) is 3. The summed E-state index contributed by atoms with van der Waals surface area (Å²) >= 11 is 0. The van der Waals surface area contributed by atoms with Crippen molar-refractivity contribution in [2.45, 2.75) is 30.8 Å². The van der Waals surface area contributed by atoms with Gasteiger partial charge in [0.05, 0.1) is 38.3 Å². The third-order valence-electron chi connectivity index (χ3n) is 7.09. The minimum Gasteiger partial charge on any atom is -0.497 e. The Balaban J connectivity index is 1.88. The number of carbonyl (C=O) groups excluding carboxylic acids is 2. The van der Waals surface area contributed by atoms with Crippen molar-refractivity contribution in [2.24, 2.45) is 0 Å². The smallest absolute Gasteiger partial charge is 0.326 e. The van der Waals surface area contributed by atoms with Gasteiger partial charge in [-0.25, -0.2) is 12.8 Å². The van der Waals surface area contributed by atoms with E-state index in [9.17, 15) is 22.4 Å². The molecule has 0 N–H and O–H groups in total. The van der Waals surface area contributed by atoms with Gasteiger partial charge in [-0.05, 0) is 61.0 Å². The molecule has 4 aromatic rings. The lowest BCUT2D eigenvalue weighted by molar-refractivity contribution is -0.141. The van der Waals surface area contributed by atoms with Gasteiger partial charge in [0, 0.05) is 29.0 Å². The summed E-state index contributed by atoms with van der Waals surface area (Å²) in [6.07, 6.45) is 0.0775. The van der Waals surface area contributed by atoms with E-state index in [0.29, 0.717) is 28.8 Å². The summed E-state index contributed by atoms with van der Waals surface area (Å²) in [6, 6.07) is 22.2. The van der Waals surface area contributed by atoms with Crippen LogP contribution in [0.1, 0.15) is 18.9 Å². The van der Waals surface area contributed by atoms with E-state index >= 15 is 0 Å². The van der Waals surface area contributed by atoms with Crippen LogP contribution in [-0.2, 0) is 35.6 Å². The molecule has 11 heteroatoms. The Morgan fingerprint density at radius 3 is 1.95 bits per heavy atom. The Labute approximate surface area is 250 Å². The second-order valence-electron chi connectivity index (χ2n) is 9.80. The highest BCUT2D eigenvalue weighted by molar-refractivity contribution is 7.92. The lowest BCUT2D eigenvalue weighted by atomic mass is 10.0. The molecule has 0 unspecified atom stereocenters. The second kappa shape index (κ2) is 13.6. The zero-order chi connectivity index (χ0) is 31.1. The fourth-order valence-electron chi connectivity index (χ4n) is 4.79. The lowest BCUT2D eigenvalue weighted by Gasteiger charge is -2.33. The van der Waals surface area contributed by atoms with E-state index in [1.54, 1.807) is 36.4 Å². The number of sulfonamides is 1. The average Bonchev–Trinajstić information content (AvgIpc) is 3.02. The molecule has 0 spiro atoms. The van der Waals surface area contributed by atoms with E-state index in [2.05, 4.69) is 0 Å². The molecule has 226 valence electrons.